The third-order valence-electron chi connectivity index (χ3n) is 15.3. The highest BCUT2D eigenvalue weighted by Gasteiger charge is 2.44. The summed E-state index contributed by atoms with van der Waals surface area (Å²) in [6, 6.07) is 13.4. The summed E-state index contributed by atoms with van der Waals surface area (Å²) in [7, 11) is 7.90. The quantitative estimate of drug-likeness (QED) is 0.0467. The Hall–Kier alpha value is -5.72. The first-order chi connectivity index (χ1) is 36.1. The number of hydrogen-bond donors (Lipinski definition) is 3. The van der Waals surface area contributed by atoms with Crippen molar-refractivity contribution in [3.8, 4) is 0 Å². The van der Waals surface area contributed by atoms with Crippen LogP contribution in [0, 0.1) is 29.6 Å². The molecule has 0 radical (unpaired) electrons. The highest BCUT2D eigenvalue weighted by atomic mass is 16.5. The number of anilines is 1. The van der Waals surface area contributed by atoms with E-state index in [0.29, 0.717) is 70.3 Å². The number of carbonyl (C=O) groups excluding carboxylic acids is 8. The number of hydrogen-bond acceptors (Lipinski definition) is 12. The predicted molar refractivity (Wildman–Crippen MR) is 291 cm³/mol. The number of methoxy groups -OCH3 is 3. The van der Waals surface area contributed by atoms with Crippen LogP contribution in [0.25, 0.3) is 0 Å². The second-order valence-electron chi connectivity index (χ2n) is 21.7. The van der Waals surface area contributed by atoms with Gasteiger partial charge in [-0.05, 0) is 73.7 Å². The summed E-state index contributed by atoms with van der Waals surface area (Å²) in [5.41, 5.74) is 2.36. The van der Waals surface area contributed by atoms with Crippen molar-refractivity contribution in [2.75, 3.05) is 53.8 Å². The van der Waals surface area contributed by atoms with E-state index in [0.717, 1.165) is 11.1 Å². The van der Waals surface area contributed by atoms with E-state index in [1.165, 1.54) is 26.2 Å². The van der Waals surface area contributed by atoms with Gasteiger partial charge >= 0.3 is 5.97 Å². The summed E-state index contributed by atoms with van der Waals surface area (Å²) in [4.78, 5) is 114. The van der Waals surface area contributed by atoms with Crippen molar-refractivity contribution in [2.45, 2.75) is 169 Å². The van der Waals surface area contributed by atoms with Crippen LogP contribution in [0.15, 0.2) is 54.6 Å². The molecule has 2 aliphatic heterocycles. The van der Waals surface area contributed by atoms with Crippen LogP contribution in [0.4, 0.5) is 5.69 Å². The Morgan fingerprint density at radius 3 is 2.09 bits per heavy atom. The summed E-state index contributed by atoms with van der Waals surface area (Å²) in [6.45, 7) is 16.4. The third kappa shape index (κ3) is 17.1. The van der Waals surface area contributed by atoms with Crippen LogP contribution in [-0.2, 0) is 65.5 Å². The minimum Gasteiger partial charge on any atom is -0.467 e. The molecule has 2 saturated heterocycles. The highest BCUT2D eigenvalue weighted by molar-refractivity contribution is 6.03. The molecular weight excluding hydrogens is 971 g/mol. The van der Waals surface area contributed by atoms with E-state index >= 15 is 0 Å². The molecule has 18 nitrogen and oxygen atoms in total. The first-order valence-electron chi connectivity index (χ1n) is 27.4. The van der Waals surface area contributed by atoms with Crippen molar-refractivity contribution in [1.82, 2.24) is 30.2 Å². The topological polar surface area (TPSA) is 213 Å². The number of imide groups is 1. The van der Waals surface area contributed by atoms with Crippen LogP contribution in [0.1, 0.15) is 124 Å². The van der Waals surface area contributed by atoms with Crippen molar-refractivity contribution < 1.29 is 52.6 Å². The summed E-state index contributed by atoms with van der Waals surface area (Å²) in [6.07, 6.45) is 3.27. The molecule has 2 aliphatic rings. The molecule has 0 aliphatic carbocycles. The van der Waals surface area contributed by atoms with Crippen LogP contribution in [0.2, 0.25) is 0 Å². The predicted octanol–water partition coefficient (Wildman–Crippen LogP) is 6.00. The van der Waals surface area contributed by atoms with Gasteiger partial charge < -0.3 is 40.0 Å². The number of esters is 1. The summed E-state index contributed by atoms with van der Waals surface area (Å²) in [5.74, 6) is -3.73. The smallest absolute Gasteiger partial charge is 0.328 e. The average Bonchev–Trinajstić information content (AvgIpc) is 3.97. The maximum atomic E-state index is 14.8. The second-order valence-corrected chi connectivity index (χ2v) is 21.7. The molecule has 2 heterocycles. The monoisotopic (exact) mass is 1060 g/mol. The maximum Gasteiger partial charge on any atom is 0.328 e. The fraction of sp³-hybridized carbons (Fsp3) is 0.655. The molecule has 2 aromatic carbocycles. The number of ether oxygens (including phenoxy) is 3. The van der Waals surface area contributed by atoms with E-state index in [4.69, 9.17) is 14.2 Å². The Labute approximate surface area is 452 Å². The first kappa shape index (κ1) is 62.8. The van der Waals surface area contributed by atoms with Crippen LogP contribution < -0.4 is 16.0 Å². The van der Waals surface area contributed by atoms with E-state index in [1.807, 2.05) is 108 Å². The molecule has 4 rings (SSSR count). The Morgan fingerprint density at radius 2 is 1.50 bits per heavy atom. The Balaban J connectivity index is 1.40. The van der Waals surface area contributed by atoms with Gasteiger partial charge in [-0.15, -0.1) is 0 Å². The molecule has 0 aromatic heterocycles. The van der Waals surface area contributed by atoms with Gasteiger partial charge in [0.05, 0.1) is 49.8 Å². The maximum absolute atomic E-state index is 14.8. The summed E-state index contributed by atoms with van der Waals surface area (Å²) < 4.78 is 17.1. The number of unbranched alkanes of at least 4 members (excludes halogenated alkanes) is 2. The zero-order valence-corrected chi connectivity index (χ0v) is 47.6. The third-order valence-corrected chi connectivity index (χ3v) is 15.3. The van der Waals surface area contributed by atoms with E-state index in [2.05, 4.69) is 16.0 Å². The fourth-order valence-corrected chi connectivity index (χ4v) is 11.0. The second kappa shape index (κ2) is 30.3. The summed E-state index contributed by atoms with van der Waals surface area (Å²) in [5, 5.41) is 8.95. The van der Waals surface area contributed by atoms with E-state index in [-0.39, 0.29) is 78.4 Å². The van der Waals surface area contributed by atoms with Crippen LogP contribution in [0.3, 0.4) is 0 Å². The molecule has 0 bridgehead atoms. The number of likely N-dealkylation sites (tertiary alicyclic amines) is 2. The molecule has 7 amide bonds. The van der Waals surface area contributed by atoms with Crippen molar-refractivity contribution in [3.05, 3.63) is 65.7 Å². The van der Waals surface area contributed by atoms with Gasteiger partial charge in [0.15, 0.2) is 0 Å². The fourth-order valence-electron chi connectivity index (χ4n) is 11.0. The van der Waals surface area contributed by atoms with Crippen molar-refractivity contribution in [1.29, 1.82) is 0 Å². The van der Waals surface area contributed by atoms with Gasteiger partial charge in [0.2, 0.25) is 41.4 Å². The van der Waals surface area contributed by atoms with Crippen molar-refractivity contribution >= 4 is 53.0 Å². The Bertz CT molecular complexity index is 2260. The van der Waals surface area contributed by atoms with Gasteiger partial charge in [0.25, 0.3) is 0 Å². The van der Waals surface area contributed by atoms with Gasteiger partial charge in [0.1, 0.15) is 12.1 Å². The van der Waals surface area contributed by atoms with E-state index < -0.39 is 60.2 Å². The SMILES string of the molecule is CC[C@H](C)[C@@H]([C@@H](CC(=O)N1CCC[C@H]1[C@H](OC)[C@@H](C)C(=O)N[C@@H](Cc1ccccc1)C(=O)OC)OC)N(C)C(=O)[C@@H](NC(=O)[C@H](C(C)C)N(C)Cc1cccc(NC(=O)CCCCCN2C(=O)CC(C)C2=O)c1)C(C)C. The molecular formula is C58H89N7O11. The highest BCUT2D eigenvalue weighted by Crippen LogP contribution is 2.30. The zero-order chi connectivity index (χ0) is 56.4. The van der Waals surface area contributed by atoms with E-state index in [9.17, 15) is 38.4 Å². The molecule has 0 spiro atoms. The number of amides is 7. The molecule has 2 aromatic rings. The largest absolute Gasteiger partial charge is 0.467 e. The number of nitrogens with zero attached hydrogens (tertiary/aromatic N) is 4. The number of benzene rings is 2. The average molecular weight is 1060 g/mol. The molecule has 2 fully saturated rings. The first-order valence-corrected chi connectivity index (χ1v) is 27.4. The zero-order valence-electron chi connectivity index (χ0n) is 47.6. The number of likely N-dealkylation sites (N-methyl/N-ethyl adjacent to an activating group) is 2. The van der Waals surface area contributed by atoms with Crippen LogP contribution in [0.5, 0.6) is 0 Å². The Kier molecular flexibility index (Phi) is 25.0. The van der Waals surface area contributed by atoms with Crippen LogP contribution >= 0.6 is 0 Å². The van der Waals surface area contributed by atoms with Crippen molar-refractivity contribution in [2.24, 2.45) is 29.6 Å². The van der Waals surface area contributed by atoms with Crippen LogP contribution in [-0.4, -0.2) is 158 Å². The minimum atomic E-state index is -0.922. The van der Waals surface area contributed by atoms with Gasteiger partial charge in [0, 0.05) is 71.8 Å². The van der Waals surface area contributed by atoms with Gasteiger partial charge in [-0.1, -0.05) is 111 Å². The normalized spacial score (nSPS) is 18.9. The number of rotatable bonds is 30. The van der Waals surface area contributed by atoms with Crippen molar-refractivity contribution in [3.63, 3.8) is 0 Å². The molecule has 18 heteroatoms. The van der Waals surface area contributed by atoms with Gasteiger partial charge in [-0.25, -0.2) is 4.79 Å². The lowest BCUT2D eigenvalue weighted by Gasteiger charge is -2.41. The van der Waals surface area contributed by atoms with Gasteiger partial charge in [-0.3, -0.25) is 43.4 Å². The number of carbonyl (C=O) groups is 8. The lowest BCUT2D eigenvalue weighted by molar-refractivity contribution is -0.149. The van der Waals surface area contributed by atoms with Gasteiger partial charge in [-0.2, -0.15) is 0 Å². The number of nitrogens with one attached hydrogen (secondary N) is 3. The lowest BCUT2D eigenvalue weighted by atomic mass is 9.89. The molecule has 76 heavy (non-hydrogen) atoms. The molecule has 422 valence electrons. The summed E-state index contributed by atoms with van der Waals surface area (Å²) >= 11 is 0. The standard InChI is InChI=1S/C58H89N7O11/c1-14-38(6)52(46(74-11)34-49(68)64-30-22-27-45(64)53(75-12)40(8)54(69)60-44(58(73)76-13)33-41-23-17-15-18-24-41)63(10)57(72)50(36(2)3)61-55(70)51(37(4)5)62(9)35-42-25-21-26-43(32-42)59-47(66)28-19-16-20-29-65-48(67)31-39(7)56(65)71/h15,17-18,21,23-26,32,36-40,44-46,50-53H,14,16,19-20,22,27-31,33-35H2,1-13H3,(H,59,66)(H,60,69)(H,61,70)/t38-,39?,40+,44-,45-,46+,50-,51-,52-,53+/m0/s1. The molecule has 10 atom stereocenters. The Morgan fingerprint density at radius 1 is 0.816 bits per heavy atom. The minimum absolute atomic E-state index is 0.0471. The molecule has 3 N–H and O–H groups in total. The molecule has 0 saturated carbocycles. The van der Waals surface area contributed by atoms with E-state index in [1.54, 1.807) is 30.7 Å². The molecule has 1 unspecified atom stereocenters. The lowest BCUT2D eigenvalue weighted by Crippen LogP contribution is -2.60.